The maximum atomic E-state index is 11.8. The average Bonchev–Trinajstić information content (AvgIpc) is 2.46. The Labute approximate surface area is 147 Å². The summed E-state index contributed by atoms with van der Waals surface area (Å²) in [5.41, 5.74) is 10.4. The van der Waals surface area contributed by atoms with Crippen LogP contribution in [0.25, 0.3) is 0 Å². The zero-order valence-electron chi connectivity index (χ0n) is 14.2. The van der Waals surface area contributed by atoms with E-state index in [1.165, 1.54) is 12.1 Å². The zero-order valence-corrected chi connectivity index (χ0v) is 15.0. The van der Waals surface area contributed by atoms with Gasteiger partial charge in [-0.05, 0) is 25.5 Å². The molecule has 9 N–H and O–H groups in total. The third-order valence-electron chi connectivity index (χ3n) is 2.64. The number of carbonyl (C=O) groups excluding carboxylic acids is 1. The second-order valence-corrected chi connectivity index (χ2v) is 6.66. The fourth-order valence-electron chi connectivity index (χ4n) is 1.46. The van der Waals surface area contributed by atoms with Gasteiger partial charge in [0.15, 0.2) is 11.9 Å². The van der Waals surface area contributed by atoms with Gasteiger partial charge >= 0.3 is 6.03 Å². The first-order chi connectivity index (χ1) is 11.6. The Balaban J connectivity index is 0.000000697. The van der Waals surface area contributed by atoms with E-state index in [9.17, 15) is 13.2 Å². The molecule has 1 rings (SSSR count). The van der Waals surface area contributed by atoms with Crippen molar-refractivity contribution in [3.8, 4) is 0 Å². The van der Waals surface area contributed by atoms with E-state index < -0.39 is 16.1 Å². The van der Waals surface area contributed by atoms with Crippen LogP contribution in [-0.4, -0.2) is 32.9 Å². The van der Waals surface area contributed by atoms with Crippen molar-refractivity contribution in [3.05, 3.63) is 29.8 Å². The molecule has 25 heavy (non-hydrogen) atoms. The second-order valence-electron chi connectivity index (χ2n) is 4.98. The van der Waals surface area contributed by atoms with Gasteiger partial charge in [-0.2, -0.15) is 0 Å². The van der Waals surface area contributed by atoms with Gasteiger partial charge in [-0.25, -0.2) is 17.9 Å². The van der Waals surface area contributed by atoms with Gasteiger partial charge < -0.3 is 16.8 Å². The van der Waals surface area contributed by atoms with Crippen molar-refractivity contribution in [2.75, 3.05) is 6.54 Å². The first-order valence-corrected chi connectivity index (χ1v) is 8.89. The quantitative estimate of drug-likeness (QED) is 0.219. The number of nitrogens with one attached hydrogen (secondary N) is 5. The van der Waals surface area contributed by atoms with Crippen LogP contribution in [0.1, 0.15) is 25.3 Å². The van der Waals surface area contributed by atoms with E-state index in [0.29, 0.717) is 6.54 Å². The minimum atomic E-state index is -3.78. The minimum Gasteiger partial charge on any atom is -0.370 e. The maximum absolute atomic E-state index is 11.8. The SMILES string of the molecule is CCCCNC(=O)NS(=O)(=O)c1ccc(C)cc1.N=C(N)NC(=N)N. The summed E-state index contributed by atoms with van der Waals surface area (Å²) in [6.07, 6.45) is 1.75. The number of sulfonamides is 1. The molecule has 0 aliphatic rings. The number of hydrogen-bond donors (Lipinski definition) is 7. The lowest BCUT2D eigenvalue weighted by atomic mass is 10.2. The maximum Gasteiger partial charge on any atom is 0.328 e. The molecule has 1 aromatic carbocycles. The van der Waals surface area contributed by atoms with Gasteiger partial charge in [0, 0.05) is 6.54 Å². The molecule has 0 aromatic heterocycles. The predicted molar refractivity (Wildman–Crippen MR) is 96.8 cm³/mol. The van der Waals surface area contributed by atoms with Crippen LogP contribution in [0.5, 0.6) is 0 Å². The highest BCUT2D eigenvalue weighted by Gasteiger charge is 2.16. The molecule has 11 heteroatoms. The summed E-state index contributed by atoms with van der Waals surface area (Å²) >= 11 is 0. The molecule has 0 saturated heterocycles. The van der Waals surface area contributed by atoms with Crippen molar-refractivity contribution in [1.82, 2.24) is 15.4 Å². The number of guanidine groups is 2. The van der Waals surface area contributed by atoms with Crippen LogP contribution in [0.4, 0.5) is 4.79 Å². The summed E-state index contributed by atoms with van der Waals surface area (Å²) < 4.78 is 25.6. The van der Waals surface area contributed by atoms with E-state index in [-0.39, 0.29) is 16.8 Å². The fourth-order valence-corrected chi connectivity index (χ4v) is 2.39. The molecule has 2 amide bonds. The van der Waals surface area contributed by atoms with Crippen LogP contribution in [-0.2, 0) is 10.0 Å². The highest BCUT2D eigenvalue weighted by Crippen LogP contribution is 2.09. The molecule has 0 radical (unpaired) electrons. The zero-order chi connectivity index (χ0) is 19.5. The number of aryl methyl sites for hydroxylation is 1. The van der Waals surface area contributed by atoms with Gasteiger partial charge in [0.1, 0.15) is 0 Å². The highest BCUT2D eigenvalue weighted by atomic mass is 32.2. The number of rotatable bonds is 5. The molecule has 140 valence electrons. The van der Waals surface area contributed by atoms with E-state index in [4.69, 9.17) is 22.3 Å². The van der Waals surface area contributed by atoms with E-state index in [0.717, 1.165) is 18.4 Å². The normalized spacial score (nSPS) is 10.0. The molecule has 0 atom stereocenters. The Kier molecular flexibility index (Phi) is 9.64. The number of unbranched alkanes of at least 4 members (excludes halogenated alkanes) is 1. The van der Waals surface area contributed by atoms with Crippen molar-refractivity contribution in [2.45, 2.75) is 31.6 Å². The Morgan fingerprint density at radius 3 is 2.04 bits per heavy atom. The fraction of sp³-hybridized carbons (Fsp3) is 0.357. The molecule has 0 heterocycles. The third kappa shape index (κ3) is 10.5. The smallest absolute Gasteiger partial charge is 0.328 e. The first kappa shape index (κ1) is 22.2. The van der Waals surface area contributed by atoms with E-state index in [1.807, 2.05) is 23.9 Å². The minimum absolute atomic E-state index is 0.0822. The summed E-state index contributed by atoms with van der Waals surface area (Å²) in [6, 6.07) is 5.62. The van der Waals surface area contributed by atoms with Crippen molar-refractivity contribution >= 4 is 28.0 Å². The number of hydrogen-bond acceptors (Lipinski definition) is 5. The van der Waals surface area contributed by atoms with Crippen LogP contribution in [0.15, 0.2) is 29.2 Å². The van der Waals surface area contributed by atoms with Crippen molar-refractivity contribution in [3.63, 3.8) is 0 Å². The number of amides is 2. The van der Waals surface area contributed by atoms with Crippen LogP contribution < -0.4 is 26.8 Å². The summed E-state index contributed by atoms with van der Waals surface area (Å²) in [5, 5.41) is 17.5. The van der Waals surface area contributed by atoms with E-state index in [1.54, 1.807) is 12.1 Å². The van der Waals surface area contributed by atoms with Gasteiger partial charge in [0.05, 0.1) is 4.90 Å². The third-order valence-corrected chi connectivity index (χ3v) is 3.99. The number of benzene rings is 1. The number of nitrogens with two attached hydrogens (primary N) is 2. The van der Waals surface area contributed by atoms with Crippen molar-refractivity contribution < 1.29 is 13.2 Å². The van der Waals surface area contributed by atoms with Crippen LogP contribution in [0.3, 0.4) is 0 Å². The van der Waals surface area contributed by atoms with Crippen molar-refractivity contribution in [1.29, 1.82) is 10.8 Å². The summed E-state index contributed by atoms with van der Waals surface area (Å²) in [5.74, 6) is -0.625. The van der Waals surface area contributed by atoms with Crippen LogP contribution >= 0.6 is 0 Å². The molecule has 0 saturated carbocycles. The molecular formula is C14H25N7O3S. The van der Waals surface area contributed by atoms with E-state index >= 15 is 0 Å². The second kappa shape index (κ2) is 10.9. The molecule has 0 unspecified atom stereocenters. The Bertz CT molecular complexity index is 675. The lowest BCUT2D eigenvalue weighted by molar-refractivity contribution is 0.245. The summed E-state index contributed by atoms with van der Waals surface area (Å²) in [4.78, 5) is 11.5. The summed E-state index contributed by atoms with van der Waals surface area (Å²) in [7, 11) is -3.78. The largest absolute Gasteiger partial charge is 0.370 e. The van der Waals surface area contributed by atoms with Gasteiger partial charge in [0.25, 0.3) is 10.0 Å². The Morgan fingerprint density at radius 1 is 1.12 bits per heavy atom. The van der Waals surface area contributed by atoms with Crippen LogP contribution in [0.2, 0.25) is 0 Å². The van der Waals surface area contributed by atoms with E-state index in [2.05, 4.69) is 5.32 Å². The summed E-state index contributed by atoms with van der Waals surface area (Å²) in [6.45, 7) is 4.32. The molecule has 0 bridgehead atoms. The number of carbonyl (C=O) groups is 1. The lowest BCUT2D eigenvalue weighted by Crippen LogP contribution is -2.39. The lowest BCUT2D eigenvalue weighted by Gasteiger charge is -2.08. The van der Waals surface area contributed by atoms with Gasteiger partial charge in [-0.15, -0.1) is 0 Å². The number of urea groups is 1. The molecule has 10 nitrogen and oxygen atoms in total. The Hall–Kier alpha value is -2.82. The van der Waals surface area contributed by atoms with Crippen LogP contribution in [0, 0.1) is 17.7 Å². The first-order valence-electron chi connectivity index (χ1n) is 7.41. The molecule has 0 aliphatic heterocycles. The van der Waals surface area contributed by atoms with Crippen molar-refractivity contribution in [2.24, 2.45) is 11.5 Å². The predicted octanol–water partition coefficient (Wildman–Crippen LogP) is 0.146. The van der Waals surface area contributed by atoms with Gasteiger partial charge in [-0.3, -0.25) is 16.1 Å². The molecular weight excluding hydrogens is 346 g/mol. The molecule has 0 aliphatic carbocycles. The highest BCUT2D eigenvalue weighted by molar-refractivity contribution is 7.90. The van der Waals surface area contributed by atoms with Gasteiger partial charge in [0.2, 0.25) is 0 Å². The molecule has 0 fully saturated rings. The molecule has 0 spiro atoms. The topological polar surface area (TPSA) is 187 Å². The molecule has 1 aromatic rings. The standard InChI is InChI=1S/C12H18N2O3S.C2H7N5/c1-3-4-9-13-12(15)14-18(16,17)11-7-5-10(2)6-8-11;3-1(4)7-2(5)6/h5-8H,3-4,9H2,1-2H3,(H2,13,14,15);(H7,3,4,5,6,7). The Morgan fingerprint density at radius 2 is 1.64 bits per heavy atom. The average molecular weight is 371 g/mol. The monoisotopic (exact) mass is 371 g/mol. The van der Waals surface area contributed by atoms with Gasteiger partial charge in [-0.1, -0.05) is 31.0 Å².